The largest absolute Gasteiger partial charge is 0.399 e. The van der Waals surface area contributed by atoms with Crippen molar-refractivity contribution in [2.24, 2.45) is 5.73 Å². The molecule has 104 valence electrons. The molecule has 0 unspecified atom stereocenters. The van der Waals surface area contributed by atoms with Gasteiger partial charge in [-0.2, -0.15) is 0 Å². The van der Waals surface area contributed by atoms with E-state index in [0.29, 0.717) is 22.8 Å². The fraction of sp³-hybridized carbons (Fsp3) is 0.133. The monoisotopic (exact) mass is 289 g/mol. The Morgan fingerprint density at radius 1 is 1.20 bits per heavy atom. The fourth-order valence-electron chi connectivity index (χ4n) is 1.94. The predicted octanol–water partition coefficient (Wildman–Crippen LogP) is 2.66. The minimum Gasteiger partial charge on any atom is -0.399 e. The molecule has 0 aliphatic rings. The first-order valence-corrected chi connectivity index (χ1v) is 6.50. The van der Waals surface area contributed by atoms with Crippen LogP contribution in [0.4, 0.5) is 11.4 Å². The van der Waals surface area contributed by atoms with Crippen LogP contribution in [-0.2, 0) is 6.54 Å². The van der Waals surface area contributed by atoms with Gasteiger partial charge < -0.3 is 16.4 Å². The highest BCUT2D eigenvalue weighted by atomic mass is 35.5. The number of nitrogens with two attached hydrogens (primary N) is 2. The Bertz CT molecular complexity index is 626. The molecule has 0 saturated carbocycles. The smallest absolute Gasteiger partial charge is 0.248 e. The van der Waals surface area contributed by atoms with Gasteiger partial charge in [0.15, 0.2) is 0 Å². The predicted molar refractivity (Wildman–Crippen MR) is 82.9 cm³/mol. The summed E-state index contributed by atoms with van der Waals surface area (Å²) < 4.78 is 0. The van der Waals surface area contributed by atoms with Crippen molar-refractivity contribution in [2.45, 2.75) is 6.54 Å². The molecule has 0 bridgehead atoms. The first kappa shape index (κ1) is 14.2. The van der Waals surface area contributed by atoms with Crippen molar-refractivity contribution in [3.8, 4) is 0 Å². The molecule has 1 amide bonds. The Labute approximate surface area is 122 Å². The van der Waals surface area contributed by atoms with E-state index in [0.717, 1.165) is 11.3 Å². The zero-order valence-corrected chi connectivity index (χ0v) is 11.9. The number of nitrogens with zero attached hydrogens (tertiary/aromatic N) is 1. The van der Waals surface area contributed by atoms with Gasteiger partial charge in [0.05, 0.1) is 0 Å². The SMILES string of the molecule is CN(Cc1cc(N)ccc1Cl)c1ccc(C(N)=O)cc1. The molecule has 2 aromatic rings. The number of carbonyl (C=O) groups excluding carboxylic acids is 1. The molecule has 4 N–H and O–H groups in total. The zero-order chi connectivity index (χ0) is 14.7. The van der Waals surface area contributed by atoms with Crippen LogP contribution in [0.15, 0.2) is 42.5 Å². The number of halogens is 1. The van der Waals surface area contributed by atoms with E-state index in [2.05, 4.69) is 0 Å². The van der Waals surface area contributed by atoms with Crippen LogP contribution in [0.3, 0.4) is 0 Å². The third kappa shape index (κ3) is 3.22. The van der Waals surface area contributed by atoms with Gasteiger partial charge in [-0.3, -0.25) is 4.79 Å². The first-order valence-electron chi connectivity index (χ1n) is 6.12. The van der Waals surface area contributed by atoms with Gasteiger partial charge in [0, 0.05) is 35.6 Å². The Balaban J connectivity index is 2.17. The molecule has 0 radical (unpaired) electrons. The molecule has 0 aliphatic carbocycles. The number of hydrogen-bond donors (Lipinski definition) is 2. The molecule has 0 saturated heterocycles. The summed E-state index contributed by atoms with van der Waals surface area (Å²) in [5, 5.41) is 0.680. The van der Waals surface area contributed by atoms with E-state index < -0.39 is 5.91 Å². The molecule has 0 atom stereocenters. The number of amides is 1. The minimum absolute atomic E-state index is 0.432. The summed E-state index contributed by atoms with van der Waals surface area (Å²) >= 11 is 6.15. The molecular weight excluding hydrogens is 274 g/mol. The fourth-order valence-corrected chi connectivity index (χ4v) is 2.12. The molecule has 20 heavy (non-hydrogen) atoms. The number of hydrogen-bond acceptors (Lipinski definition) is 3. The van der Waals surface area contributed by atoms with Crippen LogP contribution in [0.1, 0.15) is 15.9 Å². The van der Waals surface area contributed by atoms with Crippen LogP contribution in [-0.4, -0.2) is 13.0 Å². The van der Waals surface area contributed by atoms with E-state index in [4.69, 9.17) is 23.1 Å². The molecule has 4 nitrogen and oxygen atoms in total. The van der Waals surface area contributed by atoms with Gasteiger partial charge in [-0.25, -0.2) is 0 Å². The molecule has 2 aromatic carbocycles. The first-order chi connectivity index (χ1) is 9.47. The third-order valence-corrected chi connectivity index (χ3v) is 3.44. The van der Waals surface area contributed by atoms with Crippen molar-refractivity contribution in [3.63, 3.8) is 0 Å². The van der Waals surface area contributed by atoms with Crippen LogP contribution < -0.4 is 16.4 Å². The van der Waals surface area contributed by atoms with E-state index in [-0.39, 0.29) is 0 Å². The van der Waals surface area contributed by atoms with Gasteiger partial charge in [-0.05, 0) is 48.0 Å². The summed E-state index contributed by atoms with van der Waals surface area (Å²) in [5.74, 6) is -0.432. The van der Waals surface area contributed by atoms with Crippen molar-refractivity contribution < 1.29 is 4.79 Å². The maximum atomic E-state index is 11.0. The maximum Gasteiger partial charge on any atom is 0.248 e. The highest BCUT2D eigenvalue weighted by Gasteiger charge is 2.07. The lowest BCUT2D eigenvalue weighted by Crippen LogP contribution is -2.17. The Morgan fingerprint density at radius 2 is 1.85 bits per heavy atom. The second-order valence-corrected chi connectivity index (χ2v) is 5.03. The van der Waals surface area contributed by atoms with E-state index >= 15 is 0 Å². The quantitative estimate of drug-likeness (QED) is 0.850. The minimum atomic E-state index is -0.432. The number of primary amides is 1. The number of rotatable bonds is 4. The van der Waals surface area contributed by atoms with Crippen LogP contribution in [0.5, 0.6) is 0 Å². The van der Waals surface area contributed by atoms with Crippen molar-refractivity contribution in [2.75, 3.05) is 17.7 Å². The lowest BCUT2D eigenvalue weighted by molar-refractivity contribution is 0.100. The second kappa shape index (κ2) is 5.84. The van der Waals surface area contributed by atoms with Gasteiger partial charge in [-0.1, -0.05) is 11.6 Å². The van der Waals surface area contributed by atoms with Crippen LogP contribution in [0, 0.1) is 0 Å². The van der Waals surface area contributed by atoms with Crippen molar-refractivity contribution in [3.05, 3.63) is 58.6 Å². The molecular formula is C15H16ClN3O. The molecule has 0 aliphatic heterocycles. The van der Waals surface area contributed by atoms with E-state index in [9.17, 15) is 4.79 Å². The molecule has 0 fully saturated rings. The second-order valence-electron chi connectivity index (χ2n) is 4.62. The Kier molecular flexibility index (Phi) is 4.15. The average Bonchev–Trinajstić information content (AvgIpc) is 2.43. The van der Waals surface area contributed by atoms with E-state index in [1.165, 1.54) is 0 Å². The highest BCUT2D eigenvalue weighted by molar-refractivity contribution is 6.31. The standard InChI is InChI=1S/C15H16ClN3O/c1-19(9-11-8-12(17)4-7-14(11)16)13-5-2-10(3-6-13)15(18)20/h2-8H,9,17H2,1H3,(H2,18,20). The van der Waals surface area contributed by atoms with Crippen molar-refractivity contribution >= 4 is 28.9 Å². The summed E-state index contributed by atoms with van der Waals surface area (Å²) in [6.45, 7) is 0.625. The summed E-state index contributed by atoms with van der Waals surface area (Å²) in [5.41, 5.74) is 14.1. The van der Waals surface area contributed by atoms with Gasteiger partial charge in [-0.15, -0.1) is 0 Å². The summed E-state index contributed by atoms with van der Waals surface area (Å²) in [6, 6.07) is 12.5. The Morgan fingerprint density at radius 3 is 2.45 bits per heavy atom. The van der Waals surface area contributed by atoms with E-state index in [1.54, 1.807) is 24.3 Å². The van der Waals surface area contributed by atoms with Gasteiger partial charge in [0.2, 0.25) is 5.91 Å². The summed E-state index contributed by atoms with van der Waals surface area (Å²) in [6.07, 6.45) is 0. The number of benzene rings is 2. The molecule has 0 heterocycles. The molecule has 5 heteroatoms. The lowest BCUT2D eigenvalue weighted by Gasteiger charge is -2.20. The average molecular weight is 290 g/mol. The van der Waals surface area contributed by atoms with Crippen molar-refractivity contribution in [1.82, 2.24) is 0 Å². The summed E-state index contributed by atoms with van der Waals surface area (Å²) in [7, 11) is 1.94. The molecule has 2 rings (SSSR count). The number of anilines is 2. The topological polar surface area (TPSA) is 72.3 Å². The van der Waals surface area contributed by atoms with E-state index in [1.807, 2.05) is 30.1 Å². The van der Waals surface area contributed by atoms with Gasteiger partial charge in [0.25, 0.3) is 0 Å². The number of carbonyl (C=O) groups is 1. The zero-order valence-electron chi connectivity index (χ0n) is 11.1. The van der Waals surface area contributed by atoms with Gasteiger partial charge >= 0.3 is 0 Å². The highest BCUT2D eigenvalue weighted by Crippen LogP contribution is 2.23. The Hall–Kier alpha value is -2.20. The van der Waals surface area contributed by atoms with Gasteiger partial charge in [0.1, 0.15) is 0 Å². The lowest BCUT2D eigenvalue weighted by atomic mass is 10.1. The van der Waals surface area contributed by atoms with Crippen LogP contribution >= 0.6 is 11.6 Å². The van der Waals surface area contributed by atoms with Crippen molar-refractivity contribution in [1.29, 1.82) is 0 Å². The van der Waals surface area contributed by atoms with Crippen LogP contribution in [0.2, 0.25) is 5.02 Å². The molecule has 0 spiro atoms. The maximum absolute atomic E-state index is 11.0. The van der Waals surface area contributed by atoms with Crippen LogP contribution in [0.25, 0.3) is 0 Å². The molecule has 0 aromatic heterocycles. The summed E-state index contributed by atoms with van der Waals surface area (Å²) in [4.78, 5) is 13.1. The number of nitrogen functional groups attached to an aromatic ring is 1. The normalized spacial score (nSPS) is 10.3. The third-order valence-electron chi connectivity index (χ3n) is 3.07.